The van der Waals surface area contributed by atoms with Gasteiger partial charge >= 0.3 is 5.51 Å². The zero-order chi connectivity index (χ0) is 19.4. The molecule has 0 aliphatic heterocycles. The summed E-state index contributed by atoms with van der Waals surface area (Å²) in [7, 11) is -4.38. The first-order valence-corrected chi connectivity index (χ1v) is 9.42. The molecule has 0 unspecified atom stereocenters. The Morgan fingerprint density at radius 3 is 2.28 bits per heavy atom. The molecule has 0 spiro atoms. The van der Waals surface area contributed by atoms with Gasteiger partial charge in [-0.25, -0.2) is 8.42 Å². The number of carbonyl (C=O) groups is 1. The van der Waals surface area contributed by atoms with Crippen LogP contribution in [0.2, 0.25) is 0 Å². The Morgan fingerprint density at radius 1 is 1.28 bits per heavy atom. The van der Waals surface area contributed by atoms with E-state index in [0.717, 1.165) is 12.1 Å². The lowest BCUT2D eigenvalue weighted by atomic mass is 10.3. The Bertz CT molecular complexity index is 761. The van der Waals surface area contributed by atoms with Gasteiger partial charge in [0.15, 0.2) is 9.84 Å². The van der Waals surface area contributed by atoms with Crippen LogP contribution >= 0.6 is 11.8 Å². The van der Waals surface area contributed by atoms with Gasteiger partial charge in [-0.15, -0.1) is 0 Å². The fourth-order valence-electron chi connectivity index (χ4n) is 2.01. The quantitative estimate of drug-likeness (QED) is 0.397. The van der Waals surface area contributed by atoms with Crippen LogP contribution in [-0.4, -0.2) is 48.5 Å². The molecule has 0 radical (unpaired) electrons. The van der Waals surface area contributed by atoms with Gasteiger partial charge in [0.25, 0.3) is 5.69 Å². The van der Waals surface area contributed by atoms with Crippen molar-refractivity contribution in [2.75, 3.05) is 18.8 Å². The van der Waals surface area contributed by atoms with Crippen molar-refractivity contribution in [2.24, 2.45) is 0 Å². The number of benzene rings is 1. The maximum atomic E-state index is 12.4. The fourth-order valence-corrected chi connectivity index (χ4v) is 3.97. The summed E-state index contributed by atoms with van der Waals surface area (Å²) >= 11 is -0.597. The van der Waals surface area contributed by atoms with Crippen LogP contribution in [0.1, 0.15) is 13.8 Å². The summed E-state index contributed by atoms with van der Waals surface area (Å²) in [5.41, 5.74) is -5.67. The third-order valence-electron chi connectivity index (χ3n) is 3.13. The number of halogens is 3. The van der Waals surface area contributed by atoms with Gasteiger partial charge in [-0.1, -0.05) is 0 Å². The zero-order valence-corrected chi connectivity index (χ0v) is 14.9. The number of sulfone groups is 1. The van der Waals surface area contributed by atoms with Crippen LogP contribution in [-0.2, 0) is 14.6 Å². The molecule has 0 aliphatic rings. The molecule has 140 valence electrons. The zero-order valence-electron chi connectivity index (χ0n) is 13.2. The minimum atomic E-state index is -4.67. The molecule has 7 nitrogen and oxygen atoms in total. The number of thioether (sulfide) groups is 1. The number of nitro groups is 1. The second kappa shape index (κ2) is 8.04. The van der Waals surface area contributed by atoms with E-state index in [-0.39, 0.29) is 13.1 Å². The minimum absolute atomic E-state index is 0.258. The van der Waals surface area contributed by atoms with Crippen LogP contribution in [0.4, 0.5) is 18.9 Å². The smallest absolute Gasteiger partial charge is 0.342 e. The molecule has 1 rings (SSSR count). The molecule has 0 atom stereocenters. The maximum absolute atomic E-state index is 12.4. The van der Waals surface area contributed by atoms with E-state index in [0.29, 0.717) is 6.07 Å². The predicted molar refractivity (Wildman–Crippen MR) is 85.0 cm³/mol. The molecule has 1 amide bonds. The van der Waals surface area contributed by atoms with Gasteiger partial charge in [0, 0.05) is 24.1 Å². The summed E-state index contributed by atoms with van der Waals surface area (Å²) in [5, 5.41) is 11.1. The van der Waals surface area contributed by atoms with E-state index in [4.69, 9.17) is 0 Å². The number of alkyl halides is 3. The highest BCUT2D eigenvalue weighted by molar-refractivity contribution is 8.00. The number of amides is 1. The van der Waals surface area contributed by atoms with Crippen LogP contribution in [0.3, 0.4) is 0 Å². The molecular formula is C13H15F3N2O5S2. The Hall–Kier alpha value is -1.82. The molecule has 12 heteroatoms. The third kappa shape index (κ3) is 5.88. The van der Waals surface area contributed by atoms with Gasteiger partial charge in [0.1, 0.15) is 10.6 Å². The molecule has 1 aromatic carbocycles. The first-order valence-electron chi connectivity index (χ1n) is 6.96. The predicted octanol–water partition coefficient (Wildman–Crippen LogP) is 2.85. The second-order valence-electron chi connectivity index (χ2n) is 4.76. The van der Waals surface area contributed by atoms with E-state index in [2.05, 4.69) is 0 Å². The number of nitro benzene ring substituents is 1. The van der Waals surface area contributed by atoms with Crippen LogP contribution < -0.4 is 0 Å². The SMILES string of the molecule is CCN(CC)C(=O)CS(=O)(=O)c1ccc(SC(F)(F)F)cc1[N+](=O)[O-]. The number of carbonyl (C=O) groups excluding carboxylic acids is 1. The standard InChI is InChI=1S/C13H15F3N2O5S2/c1-3-17(4-2)12(19)8-25(22,23)11-6-5-9(24-13(14,15)16)7-10(11)18(20)21/h5-7H,3-4,8H2,1-2H3. The summed E-state index contributed by atoms with van der Waals surface area (Å²) in [6.45, 7) is 3.79. The lowest BCUT2D eigenvalue weighted by Gasteiger charge is -2.18. The topological polar surface area (TPSA) is 97.6 Å². The highest BCUT2D eigenvalue weighted by Gasteiger charge is 2.33. The number of nitrogens with zero attached hydrogens (tertiary/aromatic N) is 2. The lowest BCUT2D eigenvalue weighted by Crippen LogP contribution is -2.35. The number of hydrogen-bond donors (Lipinski definition) is 0. The molecule has 0 fully saturated rings. The van der Waals surface area contributed by atoms with Gasteiger partial charge in [-0.05, 0) is 37.7 Å². The Labute approximate surface area is 146 Å². The van der Waals surface area contributed by atoms with Crippen molar-refractivity contribution >= 4 is 33.2 Å². The molecule has 0 heterocycles. The molecule has 0 aliphatic carbocycles. The Kier molecular flexibility index (Phi) is 6.82. The maximum Gasteiger partial charge on any atom is 0.446 e. The van der Waals surface area contributed by atoms with E-state index in [9.17, 15) is 36.5 Å². The van der Waals surface area contributed by atoms with Crippen molar-refractivity contribution in [1.29, 1.82) is 0 Å². The van der Waals surface area contributed by atoms with Crippen LogP contribution in [0.15, 0.2) is 28.0 Å². The van der Waals surface area contributed by atoms with E-state index in [1.165, 1.54) is 4.90 Å². The molecule has 0 aromatic heterocycles. The summed E-state index contributed by atoms with van der Waals surface area (Å²) in [6, 6.07) is 2.07. The average molecular weight is 400 g/mol. The lowest BCUT2D eigenvalue weighted by molar-refractivity contribution is -0.388. The van der Waals surface area contributed by atoms with Gasteiger partial charge in [0.2, 0.25) is 5.91 Å². The highest BCUT2D eigenvalue weighted by Crippen LogP contribution is 2.39. The molecular weight excluding hydrogens is 385 g/mol. The number of rotatable bonds is 7. The van der Waals surface area contributed by atoms with Crippen molar-refractivity contribution < 1.29 is 31.3 Å². The monoisotopic (exact) mass is 400 g/mol. The van der Waals surface area contributed by atoms with Gasteiger partial charge in [-0.3, -0.25) is 14.9 Å². The van der Waals surface area contributed by atoms with E-state index in [1.54, 1.807) is 13.8 Å². The van der Waals surface area contributed by atoms with Crippen molar-refractivity contribution in [2.45, 2.75) is 29.1 Å². The van der Waals surface area contributed by atoms with E-state index >= 15 is 0 Å². The Morgan fingerprint density at radius 2 is 1.84 bits per heavy atom. The second-order valence-corrected chi connectivity index (χ2v) is 7.86. The first-order chi connectivity index (χ1) is 11.4. The first kappa shape index (κ1) is 21.2. The molecule has 1 aromatic rings. The summed E-state index contributed by atoms with van der Waals surface area (Å²) in [6.07, 6.45) is 0. The molecule has 0 N–H and O–H groups in total. The summed E-state index contributed by atoms with van der Waals surface area (Å²) in [4.78, 5) is 21.9. The average Bonchev–Trinajstić information content (AvgIpc) is 2.45. The molecule has 0 saturated carbocycles. The van der Waals surface area contributed by atoms with Crippen LogP contribution in [0.25, 0.3) is 0 Å². The van der Waals surface area contributed by atoms with Crippen molar-refractivity contribution in [3.63, 3.8) is 0 Å². The highest BCUT2D eigenvalue weighted by atomic mass is 32.2. The fraction of sp³-hybridized carbons (Fsp3) is 0.462. The largest absolute Gasteiger partial charge is 0.446 e. The summed E-state index contributed by atoms with van der Waals surface area (Å²) in [5.74, 6) is -1.74. The number of hydrogen-bond acceptors (Lipinski definition) is 6. The van der Waals surface area contributed by atoms with Gasteiger partial charge in [-0.2, -0.15) is 13.2 Å². The van der Waals surface area contributed by atoms with Crippen LogP contribution in [0.5, 0.6) is 0 Å². The van der Waals surface area contributed by atoms with Crippen molar-refractivity contribution in [3.05, 3.63) is 28.3 Å². The molecule has 0 saturated heterocycles. The Balaban J connectivity index is 3.26. The van der Waals surface area contributed by atoms with Crippen molar-refractivity contribution in [1.82, 2.24) is 4.90 Å². The summed E-state index contributed by atoms with van der Waals surface area (Å²) < 4.78 is 61.8. The van der Waals surface area contributed by atoms with Gasteiger partial charge < -0.3 is 4.90 Å². The molecule has 0 bridgehead atoms. The third-order valence-corrected chi connectivity index (χ3v) is 5.49. The minimum Gasteiger partial charge on any atom is -0.342 e. The molecule has 25 heavy (non-hydrogen) atoms. The van der Waals surface area contributed by atoms with Gasteiger partial charge in [0.05, 0.1) is 4.92 Å². The van der Waals surface area contributed by atoms with E-state index in [1.807, 2.05) is 0 Å². The van der Waals surface area contributed by atoms with E-state index < -0.39 is 59.2 Å². The van der Waals surface area contributed by atoms with Crippen molar-refractivity contribution in [3.8, 4) is 0 Å². The van der Waals surface area contributed by atoms with Crippen LogP contribution in [0, 0.1) is 10.1 Å². The normalized spacial score (nSPS) is 12.0.